The fraction of sp³-hybridized carbons (Fsp3) is 0.400. The van der Waals surface area contributed by atoms with Crippen molar-refractivity contribution in [1.82, 2.24) is 14.9 Å². The Morgan fingerprint density at radius 1 is 1.16 bits per heavy atom. The standard InChI is InChI=1S/C15H22N4/c1-12-5-7-13(8-6-12)9-16-10-14-11-17-15(18(2)3)19(14)4/h5-8,11,16H,9-10H2,1-4H3. The van der Waals surface area contributed by atoms with Crippen molar-refractivity contribution >= 4 is 5.95 Å². The molecule has 1 heterocycles. The van der Waals surface area contributed by atoms with E-state index in [2.05, 4.69) is 46.1 Å². The summed E-state index contributed by atoms with van der Waals surface area (Å²) in [5.74, 6) is 0.979. The van der Waals surface area contributed by atoms with Crippen LogP contribution in [0.5, 0.6) is 0 Å². The van der Waals surface area contributed by atoms with Gasteiger partial charge in [-0.15, -0.1) is 0 Å². The Hall–Kier alpha value is -1.81. The minimum Gasteiger partial charge on any atom is -0.348 e. The van der Waals surface area contributed by atoms with Crippen LogP contribution in [0.2, 0.25) is 0 Å². The van der Waals surface area contributed by atoms with E-state index in [1.54, 1.807) is 0 Å². The number of benzene rings is 1. The molecule has 1 aromatic heterocycles. The molecule has 102 valence electrons. The van der Waals surface area contributed by atoms with Crippen molar-refractivity contribution < 1.29 is 0 Å². The lowest BCUT2D eigenvalue weighted by atomic mass is 10.1. The molecule has 0 aliphatic heterocycles. The number of aromatic nitrogens is 2. The molecule has 0 saturated heterocycles. The van der Waals surface area contributed by atoms with Gasteiger partial charge in [-0.1, -0.05) is 29.8 Å². The molecule has 2 rings (SSSR count). The molecular formula is C15H22N4. The number of anilines is 1. The van der Waals surface area contributed by atoms with E-state index in [-0.39, 0.29) is 0 Å². The molecule has 0 unspecified atom stereocenters. The Morgan fingerprint density at radius 3 is 2.42 bits per heavy atom. The molecule has 0 spiro atoms. The van der Waals surface area contributed by atoms with Crippen molar-refractivity contribution in [2.75, 3.05) is 19.0 Å². The molecule has 0 aliphatic rings. The Morgan fingerprint density at radius 2 is 1.84 bits per heavy atom. The number of aryl methyl sites for hydroxylation is 1. The van der Waals surface area contributed by atoms with Gasteiger partial charge in [0, 0.05) is 34.2 Å². The van der Waals surface area contributed by atoms with Crippen LogP contribution in [-0.2, 0) is 20.1 Å². The third-order valence-corrected chi connectivity index (χ3v) is 3.22. The lowest BCUT2D eigenvalue weighted by Gasteiger charge is -2.13. The zero-order valence-electron chi connectivity index (χ0n) is 12.1. The number of nitrogens with zero attached hydrogens (tertiary/aromatic N) is 3. The number of imidazole rings is 1. The van der Waals surface area contributed by atoms with Crippen LogP contribution in [0.1, 0.15) is 16.8 Å². The van der Waals surface area contributed by atoms with E-state index in [9.17, 15) is 0 Å². The molecule has 0 amide bonds. The first-order valence-electron chi connectivity index (χ1n) is 6.52. The highest BCUT2D eigenvalue weighted by molar-refractivity contribution is 5.31. The molecular weight excluding hydrogens is 236 g/mol. The summed E-state index contributed by atoms with van der Waals surface area (Å²) >= 11 is 0. The van der Waals surface area contributed by atoms with Crippen molar-refractivity contribution in [2.24, 2.45) is 7.05 Å². The maximum absolute atomic E-state index is 4.40. The second kappa shape index (κ2) is 5.89. The Labute approximate surface area is 115 Å². The Balaban J connectivity index is 1.91. The van der Waals surface area contributed by atoms with Gasteiger partial charge in [0.2, 0.25) is 5.95 Å². The van der Waals surface area contributed by atoms with Gasteiger partial charge in [0.05, 0.1) is 11.9 Å². The maximum Gasteiger partial charge on any atom is 0.204 e. The minimum atomic E-state index is 0.825. The van der Waals surface area contributed by atoms with Crippen LogP contribution >= 0.6 is 0 Å². The van der Waals surface area contributed by atoms with Gasteiger partial charge in [-0.05, 0) is 12.5 Å². The molecule has 0 fully saturated rings. The number of hydrogen-bond donors (Lipinski definition) is 1. The SMILES string of the molecule is Cc1ccc(CNCc2cnc(N(C)C)n2C)cc1. The normalized spacial score (nSPS) is 10.7. The third kappa shape index (κ3) is 3.35. The molecule has 2 aromatic rings. The van der Waals surface area contributed by atoms with Gasteiger partial charge in [-0.2, -0.15) is 0 Å². The molecule has 4 heteroatoms. The largest absolute Gasteiger partial charge is 0.348 e. The van der Waals surface area contributed by atoms with Crippen molar-refractivity contribution in [1.29, 1.82) is 0 Å². The van der Waals surface area contributed by atoms with Crippen LogP contribution in [0.15, 0.2) is 30.5 Å². The zero-order chi connectivity index (χ0) is 13.8. The van der Waals surface area contributed by atoms with Gasteiger partial charge in [0.15, 0.2) is 0 Å². The predicted molar refractivity (Wildman–Crippen MR) is 79.3 cm³/mol. The monoisotopic (exact) mass is 258 g/mol. The summed E-state index contributed by atoms with van der Waals surface area (Å²) in [6, 6.07) is 8.62. The van der Waals surface area contributed by atoms with Gasteiger partial charge in [0.25, 0.3) is 0 Å². The second-order valence-electron chi connectivity index (χ2n) is 5.09. The first-order chi connectivity index (χ1) is 9.08. The first kappa shape index (κ1) is 13.6. The van der Waals surface area contributed by atoms with Crippen LogP contribution in [0.4, 0.5) is 5.95 Å². The van der Waals surface area contributed by atoms with Crippen LogP contribution in [0.3, 0.4) is 0 Å². The van der Waals surface area contributed by atoms with Gasteiger partial charge in [-0.25, -0.2) is 4.98 Å². The maximum atomic E-state index is 4.40. The third-order valence-electron chi connectivity index (χ3n) is 3.22. The molecule has 19 heavy (non-hydrogen) atoms. The van der Waals surface area contributed by atoms with Crippen molar-refractivity contribution in [3.8, 4) is 0 Å². The van der Waals surface area contributed by atoms with E-state index < -0.39 is 0 Å². The number of hydrogen-bond acceptors (Lipinski definition) is 3. The fourth-order valence-electron chi connectivity index (χ4n) is 2.05. The molecule has 1 N–H and O–H groups in total. The summed E-state index contributed by atoms with van der Waals surface area (Å²) in [5, 5.41) is 3.45. The summed E-state index contributed by atoms with van der Waals surface area (Å²) in [4.78, 5) is 6.42. The highest BCUT2D eigenvalue weighted by Gasteiger charge is 2.07. The second-order valence-corrected chi connectivity index (χ2v) is 5.09. The Kier molecular flexibility index (Phi) is 4.22. The Bertz CT molecular complexity index is 526. The summed E-state index contributed by atoms with van der Waals surface area (Å²) in [7, 11) is 6.06. The summed E-state index contributed by atoms with van der Waals surface area (Å²) < 4.78 is 2.11. The average molecular weight is 258 g/mol. The average Bonchev–Trinajstić information content (AvgIpc) is 2.74. The van der Waals surface area contributed by atoms with E-state index in [0.717, 1.165) is 19.0 Å². The van der Waals surface area contributed by atoms with E-state index in [4.69, 9.17) is 0 Å². The van der Waals surface area contributed by atoms with E-state index in [0.29, 0.717) is 0 Å². The highest BCUT2D eigenvalue weighted by atomic mass is 15.3. The summed E-state index contributed by atoms with van der Waals surface area (Å²) in [5.41, 5.74) is 3.79. The minimum absolute atomic E-state index is 0.825. The molecule has 0 aliphatic carbocycles. The summed E-state index contributed by atoms with van der Waals surface area (Å²) in [6.07, 6.45) is 1.93. The van der Waals surface area contributed by atoms with Crippen LogP contribution in [0, 0.1) is 6.92 Å². The number of nitrogens with one attached hydrogen (secondary N) is 1. The van der Waals surface area contributed by atoms with Crippen molar-refractivity contribution in [3.63, 3.8) is 0 Å². The fourth-order valence-corrected chi connectivity index (χ4v) is 2.05. The van der Waals surface area contributed by atoms with Crippen LogP contribution < -0.4 is 10.2 Å². The predicted octanol–water partition coefficient (Wildman–Crippen LogP) is 2.08. The highest BCUT2D eigenvalue weighted by Crippen LogP contribution is 2.11. The van der Waals surface area contributed by atoms with Crippen LogP contribution in [0.25, 0.3) is 0 Å². The van der Waals surface area contributed by atoms with Crippen LogP contribution in [-0.4, -0.2) is 23.6 Å². The lowest BCUT2D eigenvalue weighted by molar-refractivity contribution is 0.654. The van der Waals surface area contributed by atoms with Crippen molar-refractivity contribution in [2.45, 2.75) is 20.0 Å². The van der Waals surface area contributed by atoms with E-state index in [1.165, 1.54) is 16.8 Å². The van der Waals surface area contributed by atoms with Gasteiger partial charge < -0.3 is 14.8 Å². The molecule has 0 saturated carbocycles. The molecule has 0 atom stereocenters. The van der Waals surface area contributed by atoms with Gasteiger partial charge in [0.1, 0.15) is 0 Å². The molecule has 0 radical (unpaired) electrons. The van der Waals surface area contributed by atoms with Gasteiger partial charge >= 0.3 is 0 Å². The van der Waals surface area contributed by atoms with E-state index >= 15 is 0 Å². The van der Waals surface area contributed by atoms with Gasteiger partial charge in [-0.3, -0.25) is 0 Å². The summed E-state index contributed by atoms with van der Waals surface area (Å²) in [6.45, 7) is 3.81. The topological polar surface area (TPSA) is 33.1 Å². The molecule has 4 nitrogen and oxygen atoms in total. The van der Waals surface area contributed by atoms with E-state index in [1.807, 2.05) is 32.2 Å². The lowest BCUT2D eigenvalue weighted by Crippen LogP contribution is -2.18. The van der Waals surface area contributed by atoms with Crippen molar-refractivity contribution in [3.05, 3.63) is 47.3 Å². The molecule has 1 aromatic carbocycles. The zero-order valence-corrected chi connectivity index (χ0v) is 12.1. The molecule has 0 bridgehead atoms. The quantitative estimate of drug-likeness (QED) is 0.891. The first-order valence-corrected chi connectivity index (χ1v) is 6.52. The number of rotatable bonds is 5. The smallest absolute Gasteiger partial charge is 0.204 e.